The van der Waals surface area contributed by atoms with Gasteiger partial charge in [0.05, 0.1) is 18.2 Å². The smallest absolute Gasteiger partial charge is 0.338 e. The molecule has 3 rings (SSSR count). The summed E-state index contributed by atoms with van der Waals surface area (Å²) < 4.78 is 5.05. The molecule has 6 heteroatoms. The summed E-state index contributed by atoms with van der Waals surface area (Å²) in [5.41, 5.74) is 4.82. The Morgan fingerprint density at radius 1 is 1.17 bits per heavy atom. The van der Waals surface area contributed by atoms with Crippen LogP contribution in [0.25, 0.3) is 0 Å². The van der Waals surface area contributed by atoms with E-state index in [1.54, 1.807) is 13.0 Å². The maximum absolute atomic E-state index is 11.9. The molecule has 1 aliphatic heterocycles. The lowest BCUT2D eigenvalue weighted by molar-refractivity contribution is 0.0526. The Morgan fingerprint density at radius 2 is 1.86 bits per heavy atom. The van der Waals surface area contributed by atoms with Crippen LogP contribution in [0.4, 0.5) is 11.4 Å². The highest BCUT2D eigenvalue weighted by atomic mass is 32.1. The number of anilines is 2. The predicted molar refractivity (Wildman–Crippen MR) is 123 cm³/mol. The van der Waals surface area contributed by atoms with Crippen LogP contribution < -0.4 is 15.5 Å². The minimum absolute atomic E-state index is 0.0849. The highest BCUT2D eigenvalue weighted by Gasteiger charge is 2.14. The summed E-state index contributed by atoms with van der Waals surface area (Å²) in [7, 11) is 0. The van der Waals surface area contributed by atoms with Crippen LogP contribution in [0.15, 0.2) is 42.5 Å². The first-order valence-corrected chi connectivity index (χ1v) is 10.6. The molecule has 2 aromatic rings. The van der Waals surface area contributed by atoms with Crippen LogP contribution in [0.5, 0.6) is 0 Å². The molecule has 2 N–H and O–H groups in total. The SMILES string of the molecule is CCOC(=O)c1ccc(NC(=S)N[C@H](C)c2ccc(N3CCCC3)cc2)c(C)c1. The molecule has 29 heavy (non-hydrogen) atoms. The van der Waals surface area contributed by atoms with Crippen LogP contribution in [0, 0.1) is 6.92 Å². The Balaban J connectivity index is 1.57. The molecule has 0 unspecified atom stereocenters. The maximum Gasteiger partial charge on any atom is 0.338 e. The molecule has 1 saturated heterocycles. The van der Waals surface area contributed by atoms with Gasteiger partial charge in [-0.15, -0.1) is 0 Å². The molecule has 0 radical (unpaired) electrons. The van der Waals surface area contributed by atoms with Gasteiger partial charge in [0, 0.05) is 24.5 Å². The third kappa shape index (κ3) is 5.48. The monoisotopic (exact) mass is 411 g/mol. The summed E-state index contributed by atoms with van der Waals surface area (Å²) in [4.78, 5) is 14.3. The van der Waals surface area contributed by atoms with Crippen molar-refractivity contribution in [3.05, 3.63) is 59.2 Å². The first-order valence-electron chi connectivity index (χ1n) is 10.2. The largest absolute Gasteiger partial charge is 0.462 e. The first-order chi connectivity index (χ1) is 14.0. The van der Waals surface area contributed by atoms with E-state index < -0.39 is 0 Å². The van der Waals surface area contributed by atoms with Gasteiger partial charge >= 0.3 is 5.97 Å². The molecular weight excluding hydrogens is 382 g/mol. The molecule has 0 aromatic heterocycles. The van der Waals surface area contributed by atoms with Gasteiger partial charge in [-0.3, -0.25) is 0 Å². The second-order valence-corrected chi connectivity index (χ2v) is 7.76. The van der Waals surface area contributed by atoms with Crippen LogP contribution in [-0.4, -0.2) is 30.8 Å². The number of ether oxygens (including phenoxy) is 1. The van der Waals surface area contributed by atoms with Crippen molar-refractivity contribution in [3.8, 4) is 0 Å². The fraction of sp³-hybridized carbons (Fsp3) is 0.391. The number of hydrogen-bond donors (Lipinski definition) is 2. The molecule has 0 amide bonds. The summed E-state index contributed by atoms with van der Waals surface area (Å²) in [5, 5.41) is 7.11. The van der Waals surface area contributed by atoms with Gasteiger partial charge < -0.3 is 20.3 Å². The van der Waals surface area contributed by atoms with Crippen LogP contribution in [-0.2, 0) is 4.74 Å². The number of rotatable bonds is 6. The topological polar surface area (TPSA) is 53.6 Å². The maximum atomic E-state index is 11.9. The average molecular weight is 412 g/mol. The second kappa shape index (κ2) is 9.74. The van der Waals surface area contributed by atoms with E-state index in [1.165, 1.54) is 24.1 Å². The van der Waals surface area contributed by atoms with Crippen molar-refractivity contribution in [2.45, 2.75) is 39.7 Å². The molecule has 1 atom stereocenters. The van der Waals surface area contributed by atoms with Crippen molar-refractivity contribution in [1.29, 1.82) is 0 Å². The molecule has 0 aliphatic carbocycles. The summed E-state index contributed by atoms with van der Waals surface area (Å²) >= 11 is 5.49. The molecular formula is C23H29N3O2S. The van der Waals surface area contributed by atoms with E-state index in [1.807, 2.05) is 19.1 Å². The molecule has 1 fully saturated rings. The second-order valence-electron chi connectivity index (χ2n) is 7.36. The fourth-order valence-corrected chi connectivity index (χ4v) is 3.82. The van der Waals surface area contributed by atoms with Crippen LogP contribution in [0.2, 0.25) is 0 Å². The van der Waals surface area contributed by atoms with Gasteiger partial charge in [0.2, 0.25) is 0 Å². The number of aryl methyl sites for hydroxylation is 1. The average Bonchev–Trinajstić information content (AvgIpc) is 3.24. The van der Waals surface area contributed by atoms with Crippen molar-refractivity contribution in [1.82, 2.24) is 5.32 Å². The number of esters is 1. The highest BCUT2D eigenvalue weighted by Crippen LogP contribution is 2.23. The van der Waals surface area contributed by atoms with Crippen LogP contribution in [0.1, 0.15) is 54.2 Å². The van der Waals surface area contributed by atoms with Gasteiger partial charge in [0.1, 0.15) is 0 Å². The van der Waals surface area contributed by atoms with E-state index in [4.69, 9.17) is 17.0 Å². The number of nitrogens with one attached hydrogen (secondary N) is 2. The van der Waals surface area contributed by atoms with Crippen LogP contribution >= 0.6 is 12.2 Å². The van der Waals surface area contributed by atoms with Gasteiger partial charge in [0.15, 0.2) is 5.11 Å². The Morgan fingerprint density at radius 3 is 2.48 bits per heavy atom. The third-order valence-electron chi connectivity index (χ3n) is 5.20. The number of carbonyl (C=O) groups excluding carboxylic acids is 1. The molecule has 5 nitrogen and oxygen atoms in total. The Bertz CT molecular complexity index is 861. The van der Waals surface area contributed by atoms with Crippen molar-refractivity contribution in [2.75, 3.05) is 29.9 Å². The summed E-state index contributed by atoms with van der Waals surface area (Å²) in [6, 6.07) is 14.2. The third-order valence-corrected chi connectivity index (χ3v) is 5.42. The molecule has 0 spiro atoms. The lowest BCUT2D eigenvalue weighted by Gasteiger charge is -2.21. The van der Waals surface area contributed by atoms with E-state index in [0.29, 0.717) is 17.3 Å². The van der Waals surface area contributed by atoms with E-state index in [9.17, 15) is 4.79 Å². The van der Waals surface area contributed by atoms with E-state index in [-0.39, 0.29) is 12.0 Å². The summed E-state index contributed by atoms with van der Waals surface area (Å²) in [6.07, 6.45) is 2.56. The van der Waals surface area contributed by atoms with Gasteiger partial charge in [-0.25, -0.2) is 4.79 Å². The number of hydrogen-bond acceptors (Lipinski definition) is 4. The summed E-state index contributed by atoms with van der Waals surface area (Å²) in [5.74, 6) is -0.311. The standard InChI is InChI=1S/C23H29N3O2S/c1-4-28-22(27)19-9-12-21(16(2)15-19)25-23(29)24-17(3)18-7-10-20(11-8-18)26-13-5-6-14-26/h7-12,15,17H,4-6,13-14H2,1-3H3,(H2,24,25,29)/t17-/m1/s1. The number of carbonyl (C=O) groups is 1. The molecule has 2 aromatic carbocycles. The number of nitrogens with zero attached hydrogens (tertiary/aromatic N) is 1. The van der Waals surface area contributed by atoms with Crippen molar-refractivity contribution < 1.29 is 9.53 Å². The van der Waals surface area contributed by atoms with Gasteiger partial charge in [0.25, 0.3) is 0 Å². The van der Waals surface area contributed by atoms with Crippen molar-refractivity contribution in [2.24, 2.45) is 0 Å². The van der Waals surface area contributed by atoms with Gasteiger partial charge in [-0.2, -0.15) is 0 Å². The molecule has 1 aliphatic rings. The number of thiocarbonyl (C=S) groups is 1. The zero-order valence-electron chi connectivity index (χ0n) is 17.3. The molecule has 0 saturated carbocycles. The fourth-order valence-electron chi connectivity index (χ4n) is 3.53. The lowest BCUT2D eigenvalue weighted by Crippen LogP contribution is -2.31. The van der Waals surface area contributed by atoms with Gasteiger partial charge in [-0.1, -0.05) is 12.1 Å². The summed E-state index contributed by atoms with van der Waals surface area (Å²) in [6.45, 7) is 8.49. The minimum Gasteiger partial charge on any atom is -0.462 e. The van der Waals surface area contributed by atoms with Crippen LogP contribution in [0.3, 0.4) is 0 Å². The van der Waals surface area contributed by atoms with E-state index in [2.05, 4.69) is 46.7 Å². The van der Waals surface area contributed by atoms with Gasteiger partial charge in [-0.05, 0) is 87.3 Å². The Kier molecular flexibility index (Phi) is 7.09. The van der Waals surface area contributed by atoms with E-state index >= 15 is 0 Å². The van der Waals surface area contributed by atoms with Crippen molar-refractivity contribution in [3.63, 3.8) is 0 Å². The zero-order valence-corrected chi connectivity index (χ0v) is 18.1. The molecule has 154 valence electrons. The lowest BCUT2D eigenvalue weighted by atomic mass is 10.1. The highest BCUT2D eigenvalue weighted by molar-refractivity contribution is 7.80. The quantitative estimate of drug-likeness (QED) is 0.525. The normalized spacial score (nSPS) is 14.4. The minimum atomic E-state index is -0.311. The Hall–Kier alpha value is -2.60. The molecule has 1 heterocycles. The first kappa shape index (κ1) is 21.1. The number of benzene rings is 2. The van der Waals surface area contributed by atoms with E-state index in [0.717, 1.165) is 24.3 Å². The molecule has 0 bridgehead atoms. The van der Waals surface area contributed by atoms with Crippen molar-refractivity contribution >= 4 is 34.7 Å². The Labute approximate surface area is 178 Å². The zero-order chi connectivity index (χ0) is 20.8. The predicted octanol–water partition coefficient (Wildman–Crippen LogP) is 4.82.